The molecule has 0 bridgehead atoms. The fourth-order valence-electron chi connectivity index (χ4n) is 3.59. The van der Waals surface area contributed by atoms with Crippen LogP contribution in [0.4, 0.5) is 5.82 Å². The molecule has 1 N–H and O–H groups in total. The monoisotopic (exact) mass is 269 g/mol. The van der Waals surface area contributed by atoms with Gasteiger partial charge in [-0.1, -0.05) is 25.7 Å². The van der Waals surface area contributed by atoms with Gasteiger partial charge in [-0.15, -0.1) is 0 Å². The Morgan fingerprint density at radius 3 is 2.90 bits per heavy atom. The van der Waals surface area contributed by atoms with Crippen LogP contribution in [0.1, 0.15) is 61.8 Å². The lowest BCUT2D eigenvalue weighted by atomic mass is 10.0. The van der Waals surface area contributed by atoms with Gasteiger partial charge in [-0.2, -0.15) is 5.26 Å². The zero-order valence-electron chi connectivity index (χ0n) is 12.1. The van der Waals surface area contributed by atoms with Gasteiger partial charge in [0.2, 0.25) is 0 Å². The minimum atomic E-state index is 0.714. The molecule has 3 nitrogen and oxygen atoms in total. The molecule has 1 fully saturated rings. The molecule has 3 rings (SSSR count). The van der Waals surface area contributed by atoms with Crippen LogP contribution in [-0.4, -0.2) is 11.5 Å². The number of fused-ring (bicyclic) bond motifs is 1. The van der Waals surface area contributed by atoms with Crippen molar-refractivity contribution in [3.8, 4) is 6.07 Å². The molecule has 106 valence electrons. The summed E-state index contributed by atoms with van der Waals surface area (Å²) >= 11 is 0. The van der Waals surface area contributed by atoms with Gasteiger partial charge in [-0.05, 0) is 49.7 Å². The van der Waals surface area contributed by atoms with Crippen molar-refractivity contribution in [3.05, 3.63) is 22.9 Å². The Morgan fingerprint density at radius 2 is 2.10 bits per heavy atom. The number of aromatic nitrogens is 1. The largest absolute Gasteiger partial charge is 0.369 e. The zero-order chi connectivity index (χ0) is 13.8. The zero-order valence-corrected chi connectivity index (χ0v) is 12.1. The molecule has 0 amide bonds. The van der Waals surface area contributed by atoms with Crippen molar-refractivity contribution < 1.29 is 0 Å². The second-order valence-electron chi connectivity index (χ2n) is 6.18. The molecular formula is C17H23N3. The summed E-state index contributed by atoms with van der Waals surface area (Å²) in [7, 11) is 0. The first-order valence-corrected chi connectivity index (χ1v) is 8.03. The van der Waals surface area contributed by atoms with E-state index in [0.29, 0.717) is 5.56 Å². The Kier molecular flexibility index (Phi) is 4.20. The van der Waals surface area contributed by atoms with Crippen molar-refractivity contribution in [2.75, 3.05) is 11.9 Å². The highest BCUT2D eigenvalue weighted by Crippen LogP contribution is 2.29. The van der Waals surface area contributed by atoms with Gasteiger partial charge in [-0.3, -0.25) is 0 Å². The van der Waals surface area contributed by atoms with Gasteiger partial charge in [0.25, 0.3) is 0 Å². The lowest BCUT2D eigenvalue weighted by molar-refractivity contribution is 0.491. The van der Waals surface area contributed by atoms with Crippen molar-refractivity contribution in [1.29, 1.82) is 5.26 Å². The fraction of sp³-hybridized carbons (Fsp3) is 0.647. The van der Waals surface area contributed by atoms with E-state index in [1.807, 2.05) is 6.07 Å². The van der Waals surface area contributed by atoms with Crippen LogP contribution in [-0.2, 0) is 12.8 Å². The van der Waals surface area contributed by atoms with E-state index in [4.69, 9.17) is 0 Å². The predicted octanol–water partition coefficient (Wildman–Crippen LogP) is 3.82. The molecule has 2 aliphatic rings. The number of pyridine rings is 1. The summed E-state index contributed by atoms with van der Waals surface area (Å²) in [4.78, 5) is 4.66. The second-order valence-corrected chi connectivity index (χ2v) is 6.18. The van der Waals surface area contributed by atoms with E-state index in [-0.39, 0.29) is 0 Å². The smallest absolute Gasteiger partial charge is 0.144 e. The molecule has 0 spiro atoms. The summed E-state index contributed by atoms with van der Waals surface area (Å²) in [5.41, 5.74) is 3.19. The molecule has 1 heterocycles. The van der Waals surface area contributed by atoms with E-state index in [9.17, 15) is 5.26 Å². The van der Waals surface area contributed by atoms with Gasteiger partial charge in [0.1, 0.15) is 11.9 Å². The number of hydrogen-bond donors (Lipinski definition) is 1. The maximum absolute atomic E-state index is 9.25. The average Bonchev–Trinajstić information content (AvgIpc) is 3.13. The number of nitrogens with one attached hydrogen (secondary N) is 1. The van der Waals surface area contributed by atoms with E-state index >= 15 is 0 Å². The minimum absolute atomic E-state index is 0.714. The van der Waals surface area contributed by atoms with E-state index < -0.39 is 0 Å². The van der Waals surface area contributed by atoms with E-state index in [1.165, 1.54) is 56.2 Å². The van der Waals surface area contributed by atoms with Crippen LogP contribution in [0.15, 0.2) is 6.07 Å². The SMILES string of the molecule is N#Cc1cc2c(nc1NCCCC1CCCC1)CCC2. The number of hydrogen-bond acceptors (Lipinski definition) is 3. The van der Waals surface area contributed by atoms with Gasteiger partial charge >= 0.3 is 0 Å². The lowest BCUT2D eigenvalue weighted by Crippen LogP contribution is -2.08. The third kappa shape index (κ3) is 2.95. The van der Waals surface area contributed by atoms with Crippen LogP contribution in [0.3, 0.4) is 0 Å². The number of aryl methyl sites for hydroxylation is 2. The molecule has 0 unspecified atom stereocenters. The molecule has 0 aromatic carbocycles. The molecule has 20 heavy (non-hydrogen) atoms. The summed E-state index contributed by atoms with van der Waals surface area (Å²) in [5.74, 6) is 1.75. The number of nitrogens with zero attached hydrogens (tertiary/aromatic N) is 2. The van der Waals surface area contributed by atoms with Crippen LogP contribution in [0.25, 0.3) is 0 Å². The van der Waals surface area contributed by atoms with Crippen molar-refractivity contribution in [1.82, 2.24) is 4.98 Å². The van der Waals surface area contributed by atoms with Crippen molar-refractivity contribution in [3.63, 3.8) is 0 Å². The molecule has 0 radical (unpaired) electrons. The molecule has 1 aromatic rings. The van der Waals surface area contributed by atoms with Gasteiger partial charge < -0.3 is 5.32 Å². The number of anilines is 1. The molecular weight excluding hydrogens is 246 g/mol. The molecule has 0 aliphatic heterocycles. The lowest BCUT2D eigenvalue weighted by Gasteiger charge is -2.11. The fourth-order valence-corrected chi connectivity index (χ4v) is 3.59. The van der Waals surface area contributed by atoms with Crippen LogP contribution in [0.2, 0.25) is 0 Å². The molecule has 2 aliphatic carbocycles. The van der Waals surface area contributed by atoms with Gasteiger partial charge in [0.05, 0.1) is 5.56 Å². The first kappa shape index (κ1) is 13.4. The quantitative estimate of drug-likeness (QED) is 0.827. The van der Waals surface area contributed by atoms with E-state index in [2.05, 4.69) is 16.4 Å². The van der Waals surface area contributed by atoms with Crippen LogP contribution in [0.5, 0.6) is 0 Å². The maximum atomic E-state index is 9.25. The highest BCUT2D eigenvalue weighted by molar-refractivity contribution is 5.55. The molecule has 3 heteroatoms. The van der Waals surface area contributed by atoms with E-state index in [0.717, 1.165) is 31.1 Å². The average molecular weight is 269 g/mol. The minimum Gasteiger partial charge on any atom is -0.369 e. The summed E-state index contributed by atoms with van der Waals surface area (Å²) in [6.07, 6.45) is 11.5. The molecule has 1 aromatic heterocycles. The summed E-state index contributed by atoms with van der Waals surface area (Å²) in [6.45, 7) is 0.941. The normalized spacial score (nSPS) is 17.9. The Hall–Kier alpha value is -1.56. The first-order valence-electron chi connectivity index (χ1n) is 8.03. The third-order valence-corrected chi connectivity index (χ3v) is 4.73. The maximum Gasteiger partial charge on any atom is 0.144 e. The summed E-state index contributed by atoms with van der Waals surface area (Å²) in [5, 5.41) is 12.6. The Labute approximate surface area is 121 Å². The Balaban J connectivity index is 1.55. The number of rotatable bonds is 5. The highest BCUT2D eigenvalue weighted by atomic mass is 15.0. The topological polar surface area (TPSA) is 48.7 Å². The Bertz CT molecular complexity index is 510. The van der Waals surface area contributed by atoms with Crippen molar-refractivity contribution >= 4 is 5.82 Å². The number of nitriles is 1. The van der Waals surface area contributed by atoms with Gasteiger partial charge in [0.15, 0.2) is 0 Å². The van der Waals surface area contributed by atoms with Crippen molar-refractivity contribution in [2.45, 2.75) is 57.8 Å². The summed E-state index contributed by atoms with van der Waals surface area (Å²) < 4.78 is 0. The van der Waals surface area contributed by atoms with E-state index in [1.54, 1.807) is 0 Å². The first-order chi connectivity index (χ1) is 9.86. The predicted molar refractivity (Wildman–Crippen MR) is 80.7 cm³/mol. The van der Waals surface area contributed by atoms with Crippen LogP contribution >= 0.6 is 0 Å². The van der Waals surface area contributed by atoms with Gasteiger partial charge in [0, 0.05) is 12.2 Å². The Morgan fingerprint density at radius 1 is 1.25 bits per heavy atom. The van der Waals surface area contributed by atoms with Crippen LogP contribution < -0.4 is 5.32 Å². The third-order valence-electron chi connectivity index (χ3n) is 4.73. The second kappa shape index (κ2) is 6.26. The standard InChI is InChI=1S/C17H23N3/c18-12-15-11-14-8-3-9-16(14)20-17(15)19-10-4-7-13-5-1-2-6-13/h11,13H,1-10H2,(H,19,20). The highest BCUT2D eigenvalue weighted by Gasteiger charge is 2.17. The van der Waals surface area contributed by atoms with Crippen LogP contribution in [0, 0.1) is 17.2 Å². The van der Waals surface area contributed by atoms with Gasteiger partial charge in [-0.25, -0.2) is 4.98 Å². The molecule has 1 saturated carbocycles. The molecule has 0 saturated heterocycles. The van der Waals surface area contributed by atoms with Crippen molar-refractivity contribution in [2.24, 2.45) is 5.92 Å². The summed E-state index contributed by atoms with van der Waals surface area (Å²) in [6, 6.07) is 4.32. The molecule has 0 atom stereocenters.